The molecule has 2 aromatic heterocycles. The van der Waals surface area contributed by atoms with Crippen molar-refractivity contribution in [3.05, 3.63) is 27.2 Å². The summed E-state index contributed by atoms with van der Waals surface area (Å²) in [6.07, 6.45) is 2.39. The molecule has 1 atom stereocenters. The molecule has 2 rings (SSSR count). The normalized spacial score (nSPS) is 13.0. The number of aliphatic hydroxyl groups is 1. The maximum Gasteiger partial charge on any atom is 0.332 e. The van der Waals surface area contributed by atoms with Crippen LogP contribution < -0.4 is 16.6 Å². The van der Waals surface area contributed by atoms with Crippen molar-refractivity contribution in [3.8, 4) is 0 Å². The molecule has 0 aliphatic heterocycles. The number of hydrogen-bond acceptors (Lipinski definition) is 5. The van der Waals surface area contributed by atoms with Gasteiger partial charge in [-0.15, -0.1) is 0 Å². The Hall–Kier alpha value is -1.93. The highest BCUT2D eigenvalue weighted by Crippen LogP contribution is 2.04. The highest BCUT2D eigenvalue weighted by atomic mass is 16.3. The van der Waals surface area contributed by atoms with Gasteiger partial charge in [0.25, 0.3) is 5.56 Å². The predicted molar refractivity (Wildman–Crippen MR) is 79.4 cm³/mol. The molecular weight excluding hydrogens is 274 g/mol. The topological polar surface area (TPSA) is 94.1 Å². The molecule has 0 saturated heterocycles. The lowest BCUT2D eigenvalue weighted by molar-refractivity contribution is 0.238. The van der Waals surface area contributed by atoms with Gasteiger partial charge >= 0.3 is 5.69 Å². The molecule has 8 heteroatoms. The summed E-state index contributed by atoms with van der Waals surface area (Å²) in [6, 6.07) is 0.0481. The molecule has 8 nitrogen and oxygen atoms in total. The van der Waals surface area contributed by atoms with Crippen molar-refractivity contribution in [1.82, 2.24) is 24.0 Å². The molecule has 0 unspecified atom stereocenters. The van der Waals surface area contributed by atoms with Gasteiger partial charge in [0.2, 0.25) is 0 Å². The number of aliphatic hydroxyl groups excluding tert-OH is 1. The molecule has 0 bridgehead atoms. The van der Waals surface area contributed by atoms with E-state index in [0.29, 0.717) is 24.3 Å². The van der Waals surface area contributed by atoms with E-state index in [9.17, 15) is 9.59 Å². The van der Waals surface area contributed by atoms with Crippen LogP contribution in [0.3, 0.4) is 0 Å². The van der Waals surface area contributed by atoms with Crippen molar-refractivity contribution >= 4 is 11.2 Å². The minimum absolute atomic E-state index is 0.0481. The first-order chi connectivity index (χ1) is 10.0. The van der Waals surface area contributed by atoms with Crippen LogP contribution in [-0.4, -0.2) is 43.0 Å². The minimum Gasteiger partial charge on any atom is -0.395 e. The van der Waals surface area contributed by atoms with E-state index in [1.165, 1.54) is 11.6 Å². The van der Waals surface area contributed by atoms with E-state index in [1.54, 1.807) is 17.9 Å². The van der Waals surface area contributed by atoms with Crippen LogP contribution in [0.25, 0.3) is 11.2 Å². The lowest BCUT2D eigenvalue weighted by atomic mass is 10.2. The zero-order chi connectivity index (χ0) is 15.6. The number of fused-ring (bicyclic) bond motifs is 1. The Bertz CT molecular complexity index is 739. The van der Waals surface area contributed by atoms with E-state index in [1.807, 2.05) is 6.92 Å². The second-order valence-corrected chi connectivity index (χ2v) is 5.06. The SMILES string of the molecule is CC[C@@H](CO)NCCn1cnc2c1c(=O)n(C)c(=O)n2C. The van der Waals surface area contributed by atoms with Crippen LogP contribution in [0.15, 0.2) is 15.9 Å². The van der Waals surface area contributed by atoms with Crippen LogP contribution in [0.2, 0.25) is 0 Å². The van der Waals surface area contributed by atoms with Gasteiger partial charge in [-0.05, 0) is 6.42 Å². The Labute approximate surface area is 121 Å². The number of aromatic nitrogens is 4. The van der Waals surface area contributed by atoms with Crippen LogP contribution in [-0.2, 0) is 20.6 Å². The van der Waals surface area contributed by atoms with Crippen LogP contribution in [0.1, 0.15) is 13.3 Å². The van der Waals surface area contributed by atoms with Gasteiger partial charge in [-0.1, -0.05) is 6.92 Å². The van der Waals surface area contributed by atoms with Crippen molar-refractivity contribution < 1.29 is 5.11 Å². The quantitative estimate of drug-likeness (QED) is 0.698. The number of imidazole rings is 1. The van der Waals surface area contributed by atoms with Crippen molar-refractivity contribution in [2.45, 2.75) is 25.9 Å². The summed E-state index contributed by atoms with van der Waals surface area (Å²) in [7, 11) is 3.05. The molecule has 2 N–H and O–H groups in total. The summed E-state index contributed by atoms with van der Waals surface area (Å²) in [5.74, 6) is 0. The summed E-state index contributed by atoms with van der Waals surface area (Å²) >= 11 is 0. The van der Waals surface area contributed by atoms with E-state index in [0.717, 1.165) is 11.0 Å². The Morgan fingerprint density at radius 2 is 2.05 bits per heavy atom. The Balaban J connectivity index is 2.31. The van der Waals surface area contributed by atoms with Gasteiger partial charge in [0.1, 0.15) is 0 Å². The highest BCUT2D eigenvalue weighted by Gasteiger charge is 2.14. The molecule has 0 aliphatic carbocycles. The third-order valence-electron chi connectivity index (χ3n) is 3.72. The van der Waals surface area contributed by atoms with Gasteiger partial charge in [0.05, 0.1) is 12.9 Å². The standard InChI is InChI=1S/C13H21N5O3/c1-4-9(7-19)14-5-6-18-8-15-11-10(18)12(20)17(3)13(21)16(11)2/h8-9,14,19H,4-7H2,1-3H3/t9-/m0/s1. The second kappa shape index (κ2) is 6.23. The first-order valence-electron chi connectivity index (χ1n) is 6.96. The van der Waals surface area contributed by atoms with E-state index in [2.05, 4.69) is 10.3 Å². The van der Waals surface area contributed by atoms with Gasteiger partial charge in [0.15, 0.2) is 11.2 Å². The molecule has 0 fully saturated rings. The number of aryl methyl sites for hydroxylation is 1. The molecular formula is C13H21N5O3. The van der Waals surface area contributed by atoms with Crippen LogP contribution in [0.5, 0.6) is 0 Å². The van der Waals surface area contributed by atoms with Crippen molar-refractivity contribution in [2.75, 3.05) is 13.2 Å². The fraction of sp³-hybridized carbons (Fsp3) is 0.615. The number of nitrogens with one attached hydrogen (secondary N) is 1. The third kappa shape index (κ3) is 2.77. The smallest absolute Gasteiger partial charge is 0.332 e. The zero-order valence-corrected chi connectivity index (χ0v) is 12.5. The monoisotopic (exact) mass is 295 g/mol. The number of hydrogen-bond donors (Lipinski definition) is 2. The lowest BCUT2D eigenvalue weighted by Gasteiger charge is -2.14. The lowest BCUT2D eigenvalue weighted by Crippen LogP contribution is -2.38. The minimum atomic E-state index is -0.387. The molecule has 116 valence electrons. The maximum atomic E-state index is 12.2. The van der Waals surface area contributed by atoms with E-state index in [-0.39, 0.29) is 23.9 Å². The van der Waals surface area contributed by atoms with E-state index >= 15 is 0 Å². The molecule has 2 aromatic rings. The summed E-state index contributed by atoms with van der Waals surface area (Å²) in [4.78, 5) is 28.2. The summed E-state index contributed by atoms with van der Waals surface area (Å²) in [5.41, 5.74) is 0.0674. The second-order valence-electron chi connectivity index (χ2n) is 5.06. The zero-order valence-electron chi connectivity index (χ0n) is 12.5. The molecule has 0 aromatic carbocycles. The molecule has 0 aliphatic rings. The average Bonchev–Trinajstić information content (AvgIpc) is 2.91. The fourth-order valence-corrected chi connectivity index (χ4v) is 2.29. The van der Waals surface area contributed by atoms with Crippen LogP contribution in [0, 0.1) is 0 Å². The summed E-state index contributed by atoms with van der Waals surface area (Å²) in [5, 5.41) is 12.3. The van der Waals surface area contributed by atoms with Crippen molar-refractivity contribution in [1.29, 1.82) is 0 Å². The maximum absolute atomic E-state index is 12.2. The Kier molecular flexibility index (Phi) is 4.59. The van der Waals surface area contributed by atoms with Gasteiger partial charge in [-0.2, -0.15) is 0 Å². The summed E-state index contributed by atoms with van der Waals surface area (Å²) < 4.78 is 4.17. The van der Waals surface area contributed by atoms with E-state index in [4.69, 9.17) is 5.11 Å². The van der Waals surface area contributed by atoms with Crippen molar-refractivity contribution in [3.63, 3.8) is 0 Å². The fourth-order valence-electron chi connectivity index (χ4n) is 2.29. The molecule has 0 radical (unpaired) electrons. The molecule has 0 amide bonds. The van der Waals surface area contributed by atoms with Gasteiger partial charge < -0.3 is 15.0 Å². The van der Waals surface area contributed by atoms with E-state index < -0.39 is 0 Å². The van der Waals surface area contributed by atoms with Crippen molar-refractivity contribution in [2.24, 2.45) is 14.1 Å². The first kappa shape index (κ1) is 15.5. The number of nitrogens with zero attached hydrogens (tertiary/aromatic N) is 4. The predicted octanol–water partition coefficient (Wildman–Crippen LogP) is -1.21. The van der Waals surface area contributed by atoms with Gasteiger partial charge in [0, 0.05) is 33.2 Å². The largest absolute Gasteiger partial charge is 0.395 e. The molecule has 0 saturated carbocycles. The molecule has 21 heavy (non-hydrogen) atoms. The Morgan fingerprint density at radius 3 is 2.67 bits per heavy atom. The van der Waals surface area contributed by atoms with Gasteiger partial charge in [-0.25, -0.2) is 9.78 Å². The summed E-state index contributed by atoms with van der Waals surface area (Å²) in [6.45, 7) is 3.22. The van der Waals surface area contributed by atoms with Crippen LogP contribution in [0.4, 0.5) is 0 Å². The van der Waals surface area contributed by atoms with Crippen LogP contribution >= 0.6 is 0 Å². The third-order valence-corrected chi connectivity index (χ3v) is 3.72. The van der Waals surface area contributed by atoms with Gasteiger partial charge in [-0.3, -0.25) is 13.9 Å². The highest BCUT2D eigenvalue weighted by molar-refractivity contribution is 5.69. The molecule has 0 spiro atoms. The molecule has 2 heterocycles. The Morgan fingerprint density at radius 1 is 1.33 bits per heavy atom. The number of rotatable bonds is 6. The first-order valence-corrected chi connectivity index (χ1v) is 6.96. The average molecular weight is 295 g/mol.